The minimum absolute atomic E-state index is 0.214. The lowest BCUT2D eigenvalue weighted by atomic mass is 9.93. The van der Waals surface area contributed by atoms with Crippen molar-refractivity contribution in [2.45, 2.75) is 77.6 Å². The molecule has 1 fully saturated rings. The first-order chi connectivity index (χ1) is 16.2. The number of carbonyl (C=O) groups is 1. The molecule has 0 unspecified atom stereocenters. The smallest absolute Gasteiger partial charge is 0.189 e. The molecule has 1 heteroatoms. The molecule has 3 aliphatic carbocycles. The maximum absolute atomic E-state index is 13.3. The predicted octanol–water partition coefficient (Wildman–Crippen LogP) is 8.32. The first-order valence-corrected chi connectivity index (χ1v) is 13.1. The van der Waals surface area contributed by atoms with Crippen molar-refractivity contribution in [2.75, 3.05) is 0 Å². The van der Waals surface area contributed by atoms with E-state index in [0.717, 1.165) is 42.7 Å². The topological polar surface area (TPSA) is 17.1 Å². The van der Waals surface area contributed by atoms with Crippen molar-refractivity contribution in [3.63, 3.8) is 0 Å². The molecule has 2 aromatic carbocycles. The molecule has 0 spiro atoms. The molecule has 1 saturated carbocycles. The van der Waals surface area contributed by atoms with Crippen molar-refractivity contribution in [1.29, 1.82) is 0 Å². The Balaban J connectivity index is 1.35. The molecule has 0 aromatic heterocycles. The van der Waals surface area contributed by atoms with E-state index in [1.54, 1.807) is 0 Å². The zero-order valence-corrected chi connectivity index (χ0v) is 20.0. The van der Waals surface area contributed by atoms with Crippen LogP contribution in [0.2, 0.25) is 0 Å². The summed E-state index contributed by atoms with van der Waals surface area (Å²) in [4.78, 5) is 13.3. The summed E-state index contributed by atoms with van der Waals surface area (Å²) in [5.74, 6) is 1.12. The average Bonchev–Trinajstić information content (AvgIpc) is 3.27. The number of fused-ring (bicyclic) bond motifs is 2. The van der Waals surface area contributed by atoms with Crippen molar-refractivity contribution in [2.24, 2.45) is 5.92 Å². The van der Waals surface area contributed by atoms with Crippen molar-refractivity contribution in [3.05, 3.63) is 93.6 Å². The summed E-state index contributed by atoms with van der Waals surface area (Å²) < 4.78 is 0. The van der Waals surface area contributed by atoms with Gasteiger partial charge in [-0.15, -0.1) is 0 Å². The Hall–Kier alpha value is -2.67. The fraction of sp³-hybridized carbons (Fsp3) is 0.406. The molecule has 0 radical (unpaired) electrons. The van der Waals surface area contributed by atoms with Gasteiger partial charge in [-0.05, 0) is 71.1 Å². The van der Waals surface area contributed by atoms with Crippen LogP contribution in [0.3, 0.4) is 0 Å². The molecule has 0 aliphatic heterocycles. The second-order valence-corrected chi connectivity index (χ2v) is 10.1. The van der Waals surface area contributed by atoms with Gasteiger partial charge in [0.1, 0.15) is 0 Å². The van der Waals surface area contributed by atoms with E-state index in [1.165, 1.54) is 78.3 Å². The molecular formula is C32H36O. The zero-order valence-electron chi connectivity index (χ0n) is 20.0. The summed E-state index contributed by atoms with van der Waals surface area (Å²) in [5, 5.41) is 0. The predicted molar refractivity (Wildman–Crippen MR) is 140 cm³/mol. The van der Waals surface area contributed by atoms with Gasteiger partial charge in [0.25, 0.3) is 0 Å². The highest BCUT2D eigenvalue weighted by atomic mass is 16.1. The minimum atomic E-state index is 0.214. The van der Waals surface area contributed by atoms with Crippen LogP contribution in [0.5, 0.6) is 0 Å². The molecule has 0 heterocycles. The molecule has 0 bridgehead atoms. The Morgan fingerprint density at radius 2 is 1.79 bits per heavy atom. The molecule has 0 atom stereocenters. The molecular weight excluding hydrogens is 400 g/mol. The van der Waals surface area contributed by atoms with E-state index in [-0.39, 0.29) is 5.78 Å². The molecule has 1 nitrogen and oxygen atoms in total. The number of carbonyl (C=O) groups excluding carboxylic acids is 1. The monoisotopic (exact) mass is 436 g/mol. The quantitative estimate of drug-likeness (QED) is 0.329. The van der Waals surface area contributed by atoms with Crippen LogP contribution < -0.4 is 0 Å². The third-order valence-electron chi connectivity index (χ3n) is 7.93. The van der Waals surface area contributed by atoms with Crippen molar-refractivity contribution in [1.82, 2.24) is 0 Å². The Morgan fingerprint density at radius 1 is 0.970 bits per heavy atom. The lowest BCUT2D eigenvalue weighted by Crippen LogP contribution is -1.98. The lowest BCUT2D eigenvalue weighted by molar-refractivity contribution is 0.103. The summed E-state index contributed by atoms with van der Waals surface area (Å²) in [6.07, 6.45) is 22.8. The SMILES string of the molecule is CCc1ccc2c(c1/C=C\CCC1CCCCCC1)C/C(=C\C1=CCc3ccccc31)C2=O. The Kier molecular flexibility index (Phi) is 6.76. The molecule has 33 heavy (non-hydrogen) atoms. The highest BCUT2D eigenvalue weighted by molar-refractivity contribution is 6.15. The van der Waals surface area contributed by atoms with Gasteiger partial charge in [-0.25, -0.2) is 0 Å². The number of allylic oxidation sites excluding steroid dienone is 5. The first-order valence-electron chi connectivity index (χ1n) is 13.1. The van der Waals surface area contributed by atoms with E-state index in [9.17, 15) is 4.79 Å². The number of hydrogen-bond donors (Lipinski definition) is 0. The van der Waals surface area contributed by atoms with Crippen LogP contribution in [0.15, 0.2) is 60.2 Å². The number of rotatable bonds is 6. The van der Waals surface area contributed by atoms with Crippen LogP contribution in [0.4, 0.5) is 0 Å². The molecule has 0 saturated heterocycles. The molecule has 3 aliphatic rings. The number of Topliss-reactive ketones (excluding diaryl/α,β-unsaturated/α-hetero) is 1. The molecule has 2 aromatic rings. The van der Waals surface area contributed by atoms with E-state index in [1.807, 2.05) is 0 Å². The van der Waals surface area contributed by atoms with E-state index in [0.29, 0.717) is 0 Å². The number of ketones is 1. The second kappa shape index (κ2) is 10.1. The lowest BCUT2D eigenvalue weighted by Gasteiger charge is -2.12. The third kappa shape index (κ3) is 4.69. The van der Waals surface area contributed by atoms with Gasteiger partial charge in [0, 0.05) is 17.6 Å². The number of benzene rings is 2. The fourth-order valence-corrected chi connectivity index (χ4v) is 6.01. The van der Waals surface area contributed by atoms with Crippen LogP contribution in [-0.2, 0) is 19.3 Å². The number of hydrogen-bond acceptors (Lipinski definition) is 1. The Bertz CT molecular complexity index is 1120. The zero-order chi connectivity index (χ0) is 22.6. The molecule has 0 N–H and O–H groups in total. The highest BCUT2D eigenvalue weighted by Gasteiger charge is 2.28. The van der Waals surface area contributed by atoms with Gasteiger partial charge in [-0.2, -0.15) is 0 Å². The Morgan fingerprint density at radius 3 is 2.61 bits per heavy atom. The minimum Gasteiger partial charge on any atom is -0.289 e. The first kappa shape index (κ1) is 22.1. The summed E-state index contributed by atoms with van der Waals surface area (Å²) in [6.45, 7) is 2.22. The Labute approximate surface area is 199 Å². The van der Waals surface area contributed by atoms with Gasteiger partial charge >= 0.3 is 0 Å². The molecule has 170 valence electrons. The second-order valence-electron chi connectivity index (χ2n) is 10.1. The van der Waals surface area contributed by atoms with E-state index in [4.69, 9.17) is 0 Å². The van der Waals surface area contributed by atoms with Gasteiger partial charge in [0.2, 0.25) is 0 Å². The summed E-state index contributed by atoms with van der Waals surface area (Å²) in [7, 11) is 0. The summed E-state index contributed by atoms with van der Waals surface area (Å²) in [6, 6.07) is 12.8. The maximum Gasteiger partial charge on any atom is 0.189 e. The van der Waals surface area contributed by atoms with Crippen molar-refractivity contribution < 1.29 is 4.79 Å². The van der Waals surface area contributed by atoms with Gasteiger partial charge in [0.15, 0.2) is 5.78 Å². The average molecular weight is 437 g/mol. The standard InChI is InChI=1S/C32H36O/c1-2-24-19-20-30-31(29(24)16-9-7-13-23-11-5-3-4-6-12-23)22-27(32(30)33)21-26-18-17-25-14-8-10-15-28(25)26/h8-10,14-16,18-21,23H,2-7,11-13,17,22H2,1H3/b16-9-,27-21+. The molecule has 0 amide bonds. The highest BCUT2D eigenvalue weighted by Crippen LogP contribution is 2.36. The van der Waals surface area contributed by atoms with Crippen LogP contribution in [-0.4, -0.2) is 5.78 Å². The van der Waals surface area contributed by atoms with Crippen LogP contribution in [0.1, 0.15) is 96.5 Å². The summed E-state index contributed by atoms with van der Waals surface area (Å²) in [5.41, 5.74) is 9.59. The normalized spacial score (nSPS) is 19.7. The van der Waals surface area contributed by atoms with Gasteiger partial charge in [-0.3, -0.25) is 4.79 Å². The van der Waals surface area contributed by atoms with E-state index >= 15 is 0 Å². The largest absolute Gasteiger partial charge is 0.289 e. The molecule has 5 rings (SSSR count). The maximum atomic E-state index is 13.3. The van der Waals surface area contributed by atoms with Crippen LogP contribution in [0, 0.1) is 5.92 Å². The van der Waals surface area contributed by atoms with Crippen LogP contribution >= 0.6 is 0 Å². The van der Waals surface area contributed by atoms with Crippen molar-refractivity contribution in [3.8, 4) is 0 Å². The van der Waals surface area contributed by atoms with Gasteiger partial charge < -0.3 is 0 Å². The fourth-order valence-electron chi connectivity index (χ4n) is 6.01. The van der Waals surface area contributed by atoms with E-state index in [2.05, 4.69) is 67.6 Å². The van der Waals surface area contributed by atoms with Crippen LogP contribution in [0.25, 0.3) is 11.6 Å². The number of aryl methyl sites for hydroxylation is 1. The summed E-state index contributed by atoms with van der Waals surface area (Å²) >= 11 is 0. The van der Waals surface area contributed by atoms with E-state index < -0.39 is 0 Å². The van der Waals surface area contributed by atoms with Gasteiger partial charge in [0.05, 0.1) is 0 Å². The third-order valence-corrected chi connectivity index (χ3v) is 7.93. The van der Waals surface area contributed by atoms with Gasteiger partial charge in [-0.1, -0.05) is 100 Å². The van der Waals surface area contributed by atoms with Crippen molar-refractivity contribution >= 4 is 17.4 Å².